The number of hydrogen-bond acceptors (Lipinski definition) is 4. The standard InChI is InChI=1S/C12H11N3OS/c1-9-4-5-10(7-13-9)12(16)15-14-8-11-3-2-6-17-11/h2-8H,1H3,(H,15,16)/b14-8+. The van der Waals surface area contributed by atoms with Gasteiger partial charge < -0.3 is 0 Å². The second-order valence-corrected chi connectivity index (χ2v) is 4.38. The number of aromatic nitrogens is 1. The molecule has 0 aliphatic carbocycles. The van der Waals surface area contributed by atoms with E-state index >= 15 is 0 Å². The lowest BCUT2D eigenvalue weighted by molar-refractivity contribution is 0.0955. The van der Waals surface area contributed by atoms with Crippen molar-refractivity contribution >= 4 is 23.5 Å². The summed E-state index contributed by atoms with van der Waals surface area (Å²) in [6, 6.07) is 7.36. The minimum atomic E-state index is -0.259. The van der Waals surface area contributed by atoms with E-state index in [0.29, 0.717) is 5.56 Å². The summed E-state index contributed by atoms with van der Waals surface area (Å²) in [5.41, 5.74) is 3.83. The van der Waals surface area contributed by atoms with Crippen molar-refractivity contribution in [1.29, 1.82) is 0 Å². The average Bonchev–Trinajstić information content (AvgIpc) is 2.83. The highest BCUT2D eigenvalue weighted by molar-refractivity contribution is 7.11. The van der Waals surface area contributed by atoms with Gasteiger partial charge in [0.15, 0.2) is 0 Å². The summed E-state index contributed by atoms with van der Waals surface area (Å²) < 4.78 is 0. The average molecular weight is 245 g/mol. The Morgan fingerprint density at radius 1 is 1.47 bits per heavy atom. The van der Waals surface area contributed by atoms with Gasteiger partial charge in [-0.25, -0.2) is 5.43 Å². The lowest BCUT2D eigenvalue weighted by atomic mass is 10.2. The predicted molar refractivity (Wildman–Crippen MR) is 68.4 cm³/mol. The minimum absolute atomic E-state index is 0.259. The third kappa shape index (κ3) is 3.22. The molecule has 0 aliphatic heterocycles. The predicted octanol–water partition coefficient (Wildman–Crippen LogP) is 2.22. The molecule has 0 radical (unpaired) electrons. The summed E-state index contributed by atoms with van der Waals surface area (Å²) in [7, 11) is 0. The Hall–Kier alpha value is -2.01. The van der Waals surface area contributed by atoms with E-state index in [1.54, 1.807) is 29.7 Å². The Balaban J connectivity index is 1.96. The van der Waals surface area contributed by atoms with Crippen LogP contribution in [-0.4, -0.2) is 17.1 Å². The molecule has 2 rings (SSSR count). The van der Waals surface area contributed by atoms with Crippen LogP contribution in [0.4, 0.5) is 0 Å². The first-order valence-corrected chi connectivity index (χ1v) is 5.93. The Morgan fingerprint density at radius 2 is 2.35 bits per heavy atom. The number of nitrogens with zero attached hydrogens (tertiary/aromatic N) is 2. The highest BCUT2D eigenvalue weighted by Gasteiger charge is 2.03. The summed E-state index contributed by atoms with van der Waals surface area (Å²) in [6.45, 7) is 1.87. The smallest absolute Gasteiger partial charge is 0.267 e. The van der Waals surface area contributed by atoms with Gasteiger partial charge in [0.1, 0.15) is 0 Å². The summed E-state index contributed by atoms with van der Waals surface area (Å²) in [5, 5.41) is 5.82. The van der Waals surface area contributed by atoms with Gasteiger partial charge >= 0.3 is 0 Å². The van der Waals surface area contributed by atoms with Gasteiger partial charge in [0, 0.05) is 16.8 Å². The lowest BCUT2D eigenvalue weighted by Crippen LogP contribution is -2.17. The number of hydrazone groups is 1. The highest BCUT2D eigenvalue weighted by atomic mass is 32.1. The van der Waals surface area contributed by atoms with Crippen LogP contribution in [0.2, 0.25) is 0 Å². The maximum atomic E-state index is 11.6. The molecule has 0 atom stereocenters. The van der Waals surface area contributed by atoms with Crippen molar-refractivity contribution in [2.24, 2.45) is 5.10 Å². The van der Waals surface area contributed by atoms with E-state index in [-0.39, 0.29) is 5.91 Å². The van der Waals surface area contributed by atoms with Crippen LogP contribution >= 0.6 is 11.3 Å². The molecule has 1 amide bonds. The third-order valence-electron chi connectivity index (χ3n) is 2.07. The normalized spacial score (nSPS) is 10.6. The van der Waals surface area contributed by atoms with Crippen LogP contribution in [0.5, 0.6) is 0 Å². The number of carbonyl (C=O) groups excluding carboxylic acids is 1. The van der Waals surface area contributed by atoms with Crippen LogP contribution in [-0.2, 0) is 0 Å². The highest BCUT2D eigenvalue weighted by Crippen LogP contribution is 2.04. The zero-order valence-electron chi connectivity index (χ0n) is 9.25. The Bertz CT molecular complexity index is 517. The first-order chi connectivity index (χ1) is 8.25. The van der Waals surface area contributed by atoms with Crippen molar-refractivity contribution in [2.75, 3.05) is 0 Å². The van der Waals surface area contributed by atoms with E-state index in [9.17, 15) is 4.79 Å². The SMILES string of the molecule is Cc1ccc(C(=O)N/N=C/c2cccs2)cn1. The van der Waals surface area contributed by atoms with Crippen LogP contribution < -0.4 is 5.43 Å². The molecule has 2 aromatic heterocycles. The van der Waals surface area contributed by atoms with E-state index < -0.39 is 0 Å². The van der Waals surface area contributed by atoms with Crippen molar-refractivity contribution in [2.45, 2.75) is 6.92 Å². The number of thiophene rings is 1. The van der Waals surface area contributed by atoms with Gasteiger partial charge in [0.2, 0.25) is 0 Å². The Morgan fingerprint density at radius 3 is 3.00 bits per heavy atom. The van der Waals surface area contributed by atoms with Crippen LogP contribution in [0.15, 0.2) is 40.9 Å². The van der Waals surface area contributed by atoms with Gasteiger partial charge in [-0.05, 0) is 30.5 Å². The Labute approximate surface area is 103 Å². The van der Waals surface area contributed by atoms with E-state index in [1.165, 1.54) is 6.20 Å². The van der Waals surface area contributed by atoms with Gasteiger partial charge in [-0.2, -0.15) is 5.10 Å². The maximum absolute atomic E-state index is 11.6. The van der Waals surface area contributed by atoms with Gasteiger partial charge in [0.25, 0.3) is 5.91 Å². The number of hydrogen-bond donors (Lipinski definition) is 1. The summed E-state index contributed by atoms with van der Waals surface area (Å²) in [4.78, 5) is 16.7. The molecule has 0 saturated heterocycles. The van der Waals surface area contributed by atoms with E-state index in [0.717, 1.165) is 10.6 Å². The van der Waals surface area contributed by atoms with E-state index in [4.69, 9.17) is 0 Å². The number of rotatable bonds is 3. The second-order valence-electron chi connectivity index (χ2n) is 3.40. The molecular weight excluding hydrogens is 234 g/mol. The third-order valence-corrected chi connectivity index (χ3v) is 2.88. The van der Waals surface area contributed by atoms with Crippen molar-refractivity contribution in [3.63, 3.8) is 0 Å². The molecule has 0 aromatic carbocycles. The van der Waals surface area contributed by atoms with Gasteiger partial charge in [-0.1, -0.05) is 6.07 Å². The van der Waals surface area contributed by atoms with Gasteiger partial charge in [-0.15, -0.1) is 11.3 Å². The first-order valence-electron chi connectivity index (χ1n) is 5.05. The maximum Gasteiger partial charge on any atom is 0.272 e. The number of amides is 1. The van der Waals surface area contributed by atoms with Gasteiger partial charge in [-0.3, -0.25) is 9.78 Å². The molecule has 2 heterocycles. The monoisotopic (exact) mass is 245 g/mol. The molecule has 0 unspecified atom stereocenters. The zero-order chi connectivity index (χ0) is 12.1. The van der Waals surface area contributed by atoms with Crippen molar-refractivity contribution < 1.29 is 4.79 Å². The topological polar surface area (TPSA) is 54.4 Å². The van der Waals surface area contributed by atoms with Crippen LogP contribution in [0.3, 0.4) is 0 Å². The lowest BCUT2D eigenvalue weighted by Gasteiger charge is -1.98. The van der Waals surface area contributed by atoms with Crippen LogP contribution in [0, 0.1) is 6.92 Å². The van der Waals surface area contributed by atoms with Gasteiger partial charge in [0.05, 0.1) is 11.8 Å². The quantitative estimate of drug-likeness (QED) is 0.666. The fourth-order valence-corrected chi connectivity index (χ4v) is 1.77. The molecule has 0 spiro atoms. The molecule has 0 aliphatic rings. The largest absolute Gasteiger partial charge is 0.272 e. The number of aryl methyl sites for hydroxylation is 1. The van der Waals surface area contributed by atoms with E-state index in [2.05, 4.69) is 15.5 Å². The molecule has 5 heteroatoms. The fourth-order valence-electron chi connectivity index (χ4n) is 1.19. The minimum Gasteiger partial charge on any atom is -0.267 e. The molecule has 86 valence electrons. The van der Waals surface area contributed by atoms with Crippen LogP contribution in [0.25, 0.3) is 0 Å². The fraction of sp³-hybridized carbons (Fsp3) is 0.0833. The summed E-state index contributed by atoms with van der Waals surface area (Å²) in [5.74, 6) is -0.259. The number of carbonyl (C=O) groups is 1. The molecule has 2 aromatic rings. The van der Waals surface area contributed by atoms with Crippen molar-refractivity contribution in [3.05, 3.63) is 52.0 Å². The molecule has 17 heavy (non-hydrogen) atoms. The Kier molecular flexibility index (Phi) is 3.62. The molecule has 0 fully saturated rings. The van der Waals surface area contributed by atoms with Crippen LogP contribution in [0.1, 0.15) is 20.9 Å². The zero-order valence-corrected chi connectivity index (χ0v) is 10.1. The summed E-state index contributed by atoms with van der Waals surface area (Å²) in [6.07, 6.45) is 3.15. The number of pyridine rings is 1. The number of nitrogens with one attached hydrogen (secondary N) is 1. The van der Waals surface area contributed by atoms with E-state index in [1.807, 2.05) is 24.4 Å². The summed E-state index contributed by atoms with van der Waals surface area (Å²) >= 11 is 1.56. The van der Waals surface area contributed by atoms with Crippen molar-refractivity contribution in [3.8, 4) is 0 Å². The molecule has 4 nitrogen and oxygen atoms in total. The first kappa shape index (κ1) is 11.5. The molecule has 0 bridgehead atoms. The second kappa shape index (κ2) is 5.36. The molecular formula is C12H11N3OS. The molecule has 1 N–H and O–H groups in total. The molecule has 0 saturated carbocycles. The van der Waals surface area contributed by atoms with Crippen molar-refractivity contribution in [1.82, 2.24) is 10.4 Å².